The fourth-order valence-corrected chi connectivity index (χ4v) is 1.68. The standard InChI is InChI=1S/C10H19NO3/c1-7-4-11-5-9(7)10(12)14-8(2)6-13-3/h7-9,11H,4-6H2,1-3H3/t7-,8?,9-/m1/s1. The van der Waals surface area contributed by atoms with Crippen LogP contribution in [0.3, 0.4) is 0 Å². The third-order valence-electron chi connectivity index (χ3n) is 2.54. The normalized spacial score (nSPS) is 28.8. The molecule has 1 N–H and O–H groups in total. The van der Waals surface area contributed by atoms with Crippen LogP contribution in [0, 0.1) is 11.8 Å². The molecular formula is C10H19NO3. The van der Waals surface area contributed by atoms with Gasteiger partial charge in [-0.05, 0) is 19.4 Å². The average molecular weight is 201 g/mol. The Morgan fingerprint density at radius 2 is 2.29 bits per heavy atom. The summed E-state index contributed by atoms with van der Waals surface area (Å²) in [6.07, 6.45) is -0.153. The van der Waals surface area contributed by atoms with Gasteiger partial charge >= 0.3 is 5.97 Å². The molecule has 0 aromatic rings. The van der Waals surface area contributed by atoms with Gasteiger partial charge in [-0.1, -0.05) is 6.92 Å². The van der Waals surface area contributed by atoms with Gasteiger partial charge in [0.15, 0.2) is 0 Å². The highest BCUT2D eigenvalue weighted by Crippen LogP contribution is 2.17. The van der Waals surface area contributed by atoms with Crippen molar-refractivity contribution in [2.45, 2.75) is 20.0 Å². The van der Waals surface area contributed by atoms with Crippen LogP contribution in [0.2, 0.25) is 0 Å². The second-order valence-corrected chi connectivity index (χ2v) is 3.94. The van der Waals surface area contributed by atoms with Gasteiger partial charge in [0.05, 0.1) is 12.5 Å². The van der Waals surface area contributed by atoms with Crippen LogP contribution < -0.4 is 5.32 Å². The quantitative estimate of drug-likeness (QED) is 0.670. The van der Waals surface area contributed by atoms with Crippen molar-refractivity contribution in [1.82, 2.24) is 5.32 Å². The Balaban J connectivity index is 2.33. The molecule has 1 aliphatic heterocycles. The molecule has 4 heteroatoms. The Bertz CT molecular complexity index is 196. The van der Waals surface area contributed by atoms with Crippen molar-refractivity contribution in [3.05, 3.63) is 0 Å². The van der Waals surface area contributed by atoms with Crippen LogP contribution in [0.1, 0.15) is 13.8 Å². The number of hydrogen-bond donors (Lipinski definition) is 1. The Morgan fingerprint density at radius 3 is 2.79 bits per heavy atom. The molecular weight excluding hydrogens is 182 g/mol. The second kappa shape index (κ2) is 5.32. The molecule has 0 radical (unpaired) electrons. The predicted molar refractivity (Wildman–Crippen MR) is 53.0 cm³/mol. The van der Waals surface area contributed by atoms with Gasteiger partial charge < -0.3 is 14.8 Å². The van der Waals surface area contributed by atoms with Crippen LogP contribution in [0.15, 0.2) is 0 Å². The van der Waals surface area contributed by atoms with Crippen LogP contribution in [-0.4, -0.2) is 38.9 Å². The lowest BCUT2D eigenvalue weighted by Gasteiger charge is -2.17. The van der Waals surface area contributed by atoms with Crippen molar-refractivity contribution < 1.29 is 14.3 Å². The molecule has 1 aliphatic rings. The molecule has 82 valence electrons. The largest absolute Gasteiger partial charge is 0.460 e. The van der Waals surface area contributed by atoms with Gasteiger partial charge in [-0.15, -0.1) is 0 Å². The van der Waals surface area contributed by atoms with E-state index in [-0.39, 0.29) is 18.0 Å². The number of methoxy groups -OCH3 is 1. The first kappa shape index (κ1) is 11.5. The summed E-state index contributed by atoms with van der Waals surface area (Å²) in [5.41, 5.74) is 0. The van der Waals surface area contributed by atoms with E-state index in [4.69, 9.17) is 9.47 Å². The Morgan fingerprint density at radius 1 is 1.57 bits per heavy atom. The van der Waals surface area contributed by atoms with Gasteiger partial charge in [0.2, 0.25) is 0 Å². The van der Waals surface area contributed by atoms with Crippen LogP contribution in [0.5, 0.6) is 0 Å². The summed E-state index contributed by atoms with van der Waals surface area (Å²) in [6.45, 7) is 6.00. The van der Waals surface area contributed by atoms with E-state index >= 15 is 0 Å². The Hall–Kier alpha value is -0.610. The van der Waals surface area contributed by atoms with E-state index in [1.165, 1.54) is 0 Å². The first-order valence-corrected chi connectivity index (χ1v) is 5.05. The van der Waals surface area contributed by atoms with E-state index in [0.29, 0.717) is 12.5 Å². The van der Waals surface area contributed by atoms with Gasteiger partial charge in [-0.3, -0.25) is 4.79 Å². The van der Waals surface area contributed by atoms with Crippen LogP contribution >= 0.6 is 0 Å². The van der Waals surface area contributed by atoms with Gasteiger partial charge in [0.25, 0.3) is 0 Å². The first-order valence-electron chi connectivity index (χ1n) is 5.05. The van der Waals surface area contributed by atoms with E-state index < -0.39 is 0 Å². The molecule has 0 amide bonds. The lowest BCUT2D eigenvalue weighted by Crippen LogP contribution is -2.28. The lowest BCUT2D eigenvalue weighted by atomic mass is 9.98. The van der Waals surface area contributed by atoms with Crippen molar-refractivity contribution in [2.24, 2.45) is 11.8 Å². The molecule has 0 bridgehead atoms. The van der Waals surface area contributed by atoms with Crippen molar-refractivity contribution >= 4 is 5.97 Å². The predicted octanol–water partition coefficient (Wildman–Crippen LogP) is 0.420. The maximum atomic E-state index is 11.6. The van der Waals surface area contributed by atoms with E-state index in [1.54, 1.807) is 7.11 Å². The van der Waals surface area contributed by atoms with Crippen LogP contribution in [0.25, 0.3) is 0 Å². The topological polar surface area (TPSA) is 47.6 Å². The molecule has 1 saturated heterocycles. The molecule has 1 unspecified atom stereocenters. The SMILES string of the molecule is COCC(C)OC(=O)[C@@H]1CNC[C@H]1C. The number of carbonyl (C=O) groups is 1. The fourth-order valence-electron chi connectivity index (χ4n) is 1.68. The van der Waals surface area contributed by atoms with Gasteiger partial charge in [-0.25, -0.2) is 0 Å². The summed E-state index contributed by atoms with van der Waals surface area (Å²) in [4.78, 5) is 11.6. The van der Waals surface area contributed by atoms with Crippen LogP contribution in [-0.2, 0) is 14.3 Å². The van der Waals surface area contributed by atoms with Crippen molar-refractivity contribution in [2.75, 3.05) is 26.8 Å². The molecule has 0 spiro atoms. The molecule has 0 aromatic carbocycles. The number of carbonyl (C=O) groups excluding carboxylic acids is 1. The van der Waals surface area contributed by atoms with Crippen molar-refractivity contribution in [3.8, 4) is 0 Å². The maximum Gasteiger partial charge on any atom is 0.310 e. The minimum atomic E-state index is -0.153. The van der Waals surface area contributed by atoms with E-state index in [0.717, 1.165) is 13.1 Å². The summed E-state index contributed by atoms with van der Waals surface area (Å²) in [6, 6.07) is 0. The highest BCUT2D eigenvalue weighted by Gasteiger charge is 2.31. The molecule has 1 rings (SSSR count). The summed E-state index contributed by atoms with van der Waals surface area (Å²) in [5.74, 6) is 0.276. The molecule has 0 aromatic heterocycles. The van der Waals surface area contributed by atoms with E-state index in [9.17, 15) is 4.79 Å². The zero-order valence-corrected chi connectivity index (χ0v) is 9.08. The highest BCUT2D eigenvalue weighted by molar-refractivity contribution is 5.73. The number of ether oxygens (including phenoxy) is 2. The molecule has 4 nitrogen and oxygen atoms in total. The second-order valence-electron chi connectivity index (χ2n) is 3.94. The molecule has 3 atom stereocenters. The minimum absolute atomic E-state index is 0.00862. The van der Waals surface area contributed by atoms with Crippen molar-refractivity contribution in [1.29, 1.82) is 0 Å². The maximum absolute atomic E-state index is 11.6. The molecule has 0 saturated carbocycles. The molecule has 14 heavy (non-hydrogen) atoms. The van der Waals surface area contributed by atoms with Gasteiger partial charge in [-0.2, -0.15) is 0 Å². The van der Waals surface area contributed by atoms with Gasteiger partial charge in [0.1, 0.15) is 6.10 Å². The fraction of sp³-hybridized carbons (Fsp3) is 0.900. The zero-order chi connectivity index (χ0) is 10.6. The Kier molecular flexibility index (Phi) is 4.35. The summed E-state index contributed by atoms with van der Waals surface area (Å²) in [7, 11) is 1.60. The van der Waals surface area contributed by atoms with Crippen LogP contribution in [0.4, 0.5) is 0 Å². The van der Waals surface area contributed by atoms with E-state index in [1.807, 2.05) is 6.92 Å². The first-order chi connectivity index (χ1) is 6.65. The average Bonchev–Trinajstić information content (AvgIpc) is 2.51. The minimum Gasteiger partial charge on any atom is -0.460 e. The molecule has 1 fully saturated rings. The molecule has 1 heterocycles. The number of rotatable bonds is 4. The monoisotopic (exact) mass is 201 g/mol. The lowest BCUT2D eigenvalue weighted by molar-refractivity contribution is -0.156. The number of hydrogen-bond acceptors (Lipinski definition) is 4. The summed E-state index contributed by atoms with van der Waals surface area (Å²) < 4.78 is 10.1. The third kappa shape index (κ3) is 2.96. The zero-order valence-electron chi connectivity index (χ0n) is 9.08. The smallest absolute Gasteiger partial charge is 0.310 e. The molecule has 0 aliphatic carbocycles. The summed E-state index contributed by atoms with van der Waals surface area (Å²) in [5, 5.41) is 3.18. The number of esters is 1. The third-order valence-corrected chi connectivity index (χ3v) is 2.54. The van der Waals surface area contributed by atoms with Gasteiger partial charge in [0, 0.05) is 13.7 Å². The van der Waals surface area contributed by atoms with Crippen molar-refractivity contribution in [3.63, 3.8) is 0 Å². The number of nitrogens with one attached hydrogen (secondary N) is 1. The highest BCUT2D eigenvalue weighted by atomic mass is 16.6. The van der Waals surface area contributed by atoms with E-state index in [2.05, 4.69) is 12.2 Å². The Labute approximate surface area is 85.0 Å². The summed E-state index contributed by atoms with van der Waals surface area (Å²) >= 11 is 0.